The van der Waals surface area contributed by atoms with Crippen LogP contribution in [0, 0.1) is 0 Å². The molecule has 0 fully saturated rings. The number of aliphatic carboxylic acids is 1. The highest BCUT2D eigenvalue weighted by Crippen LogP contribution is 2.27. The Balaban J connectivity index is 1.67. The van der Waals surface area contributed by atoms with E-state index in [1.807, 2.05) is 54.6 Å². The smallest absolute Gasteiger partial charge is 0.334 e. The lowest BCUT2D eigenvalue weighted by atomic mass is 10.0. The largest absolute Gasteiger partial charge is 0.478 e. The van der Waals surface area contributed by atoms with Gasteiger partial charge in [0.05, 0.1) is 34.6 Å². The molecule has 0 saturated carbocycles. The number of carbonyl (C=O) groups excluding carboxylic acids is 2. The molecule has 1 aliphatic heterocycles. The van der Waals surface area contributed by atoms with Gasteiger partial charge in [0.15, 0.2) is 0 Å². The van der Waals surface area contributed by atoms with E-state index in [0.717, 1.165) is 15.8 Å². The average molecular weight is 433 g/mol. The molecule has 0 spiro atoms. The first-order valence-corrected chi connectivity index (χ1v) is 10.5. The van der Waals surface area contributed by atoms with Gasteiger partial charge < -0.3 is 10.0 Å². The number of thiazole rings is 1. The molecule has 0 aliphatic carbocycles. The molecule has 1 aromatic heterocycles. The molecule has 7 nitrogen and oxygen atoms in total. The third-order valence-corrected chi connectivity index (χ3v) is 5.83. The normalized spacial score (nSPS) is 13.4. The highest BCUT2D eigenvalue weighted by Gasteiger charge is 2.32. The van der Waals surface area contributed by atoms with Crippen LogP contribution in [0.2, 0.25) is 0 Å². The summed E-state index contributed by atoms with van der Waals surface area (Å²) in [6, 6.07) is 16.7. The molecule has 31 heavy (non-hydrogen) atoms. The number of nitrogens with zero attached hydrogens (tertiary/aromatic N) is 3. The molecule has 0 atom stereocenters. The monoisotopic (exact) mass is 433 g/mol. The van der Waals surface area contributed by atoms with Crippen LogP contribution in [0.3, 0.4) is 0 Å². The summed E-state index contributed by atoms with van der Waals surface area (Å²) >= 11 is 1.43. The number of hydrogen-bond donors (Lipinski definition) is 1. The Hall–Kier alpha value is -3.65. The third-order valence-electron chi connectivity index (χ3n) is 4.81. The lowest BCUT2D eigenvalue weighted by Gasteiger charge is -2.20. The summed E-state index contributed by atoms with van der Waals surface area (Å²) in [6.07, 6.45) is 0.0511. The number of Topliss-reactive ketones (excluding diaryl/α,β-unsaturated/α-hetero) is 1. The first-order valence-electron chi connectivity index (χ1n) is 9.65. The fraction of sp³-hybridized carbons (Fsp3) is 0.174. The maximum Gasteiger partial charge on any atom is 0.334 e. The number of carboxylic acid groups (broad SMARTS) is 1. The topological polar surface area (TPSA) is 99.9 Å². The van der Waals surface area contributed by atoms with E-state index in [1.165, 1.54) is 23.2 Å². The van der Waals surface area contributed by atoms with Crippen molar-refractivity contribution in [3.63, 3.8) is 0 Å². The van der Waals surface area contributed by atoms with Gasteiger partial charge in [-0.2, -0.15) is 0 Å². The predicted molar refractivity (Wildman–Crippen MR) is 118 cm³/mol. The molecular formula is C23H19N3O4S. The zero-order chi connectivity index (χ0) is 22.0. The summed E-state index contributed by atoms with van der Waals surface area (Å²) in [4.78, 5) is 47.2. The Bertz CT molecular complexity index is 1210. The van der Waals surface area contributed by atoms with Gasteiger partial charge in [0.25, 0.3) is 5.91 Å². The molecular weight excluding hydrogens is 414 g/mol. The summed E-state index contributed by atoms with van der Waals surface area (Å²) < 4.78 is 0.975. The Kier molecular flexibility index (Phi) is 5.73. The van der Waals surface area contributed by atoms with Gasteiger partial charge in [-0.1, -0.05) is 42.5 Å². The van der Waals surface area contributed by atoms with Crippen molar-refractivity contribution in [2.75, 3.05) is 6.54 Å². The quantitative estimate of drug-likeness (QED) is 0.615. The highest BCUT2D eigenvalue weighted by molar-refractivity contribution is 7.18. The van der Waals surface area contributed by atoms with E-state index in [-0.39, 0.29) is 36.6 Å². The SMILES string of the molecule is CC(=O)CN(Cc1nc2ccccc2s1)C(=O)C1=C(C(=O)O)CC(c2ccccc2)=N1. The van der Waals surface area contributed by atoms with E-state index in [9.17, 15) is 19.5 Å². The minimum Gasteiger partial charge on any atom is -0.478 e. The van der Waals surface area contributed by atoms with Gasteiger partial charge in [0, 0.05) is 6.42 Å². The van der Waals surface area contributed by atoms with Crippen LogP contribution in [0.5, 0.6) is 0 Å². The van der Waals surface area contributed by atoms with Crippen LogP contribution in [0.25, 0.3) is 10.2 Å². The van der Waals surface area contributed by atoms with Gasteiger partial charge in [0.2, 0.25) is 0 Å². The van der Waals surface area contributed by atoms with Crippen molar-refractivity contribution in [3.8, 4) is 0 Å². The van der Waals surface area contributed by atoms with Crippen molar-refractivity contribution >= 4 is 44.9 Å². The number of ketones is 1. The van der Waals surface area contributed by atoms with Gasteiger partial charge >= 0.3 is 5.97 Å². The van der Waals surface area contributed by atoms with Crippen LogP contribution in [0.1, 0.15) is 23.9 Å². The molecule has 156 valence electrons. The second-order valence-corrected chi connectivity index (χ2v) is 8.29. The van der Waals surface area contributed by atoms with Crippen LogP contribution in [-0.2, 0) is 20.9 Å². The number of para-hydroxylation sites is 1. The fourth-order valence-electron chi connectivity index (χ4n) is 3.41. The van der Waals surface area contributed by atoms with E-state index in [0.29, 0.717) is 10.7 Å². The molecule has 1 amide bonds. The fourth-order valence-corrected chi connectivity index (χ4v) is 4.40. The van der Waals surface area contributed by atoms with Crippen LogP contribution >= 0.6 is 11.3 Å². The summed E-state index contributed by atoms with van der Waals surface area (Å²) in [7, 11) is 0. The molecule has 0 unspecified atom stereocenters. The molecule has 0 bridgehead atoms. The van der Waals surface area contributed by atoms with E-state index < -0.39 is 11.9 Å². The first kappa shape index (κ1) is 20.6. The molecule has 0 saturated heterocycles. The van der Waals surface area contributed by atoms with E-state index >= 15 is 0 Å². The molecule has 8 heteroatoms. The second-order valence-electron chi connectivity index (χ2n) is 7.17. The zero-order valence-electron chi connectivity index (χ0n) is 16.7. The minimum absolute atomic E-state index is 0.0511. The number of benzene rings is 2. The molecule has 4 rings (SSSR count). The molecule has 2 heterocycles. The predicted octanol–water partition coefficient (Wildman–Crippen LogP) is 3.45. The van der Waals surface area contributed by atoms with Crippen molar-refractivity contribution in [1.82, 2.24) is 9.88 Å². The number of hydrogen-bond acceptors (Lipinski definition) is 6. The number of amides is 1. The maximum atomic E-state index is 13.3. The van der Waals surface area contributed by atoms with Crippen LogP contribution in [0.4, 0.5) is 0 Å². The number of fused-ring (bicyclic) bond motifs is 1. The molecule has 0 radical (unpaired) electrons. The second kappa shape index (κ2) is 8.61. The molecule has 3 aromatic rings. The summed E-state index contributed by atoms with van der Waals surface area (Å²) in [5, 5.41) is 10.3. The van der Waals surface area contributed by atoms with Crippen molar-refractivity contribution < 1.29 is 19.5 Å². The summed E-state index contributed by atoms with van der Waals surface area (Å²) in [5.41, 5.74) is 1.89. The number of aromatic nitrogens is 1. The van der Waals surface area contributed by atoms with Crippen molar-refractivity contribution in [2.24, 2.45) is 4.99 Å². The Morgan fingerprint density at radius 3 is 2.45 bits per heavy atom. The van der Waals surface area contributed by atoms with E-state index in [4.69, 9.17) is 0 Å². The number of carbonyl (C=O) groups is 3. The van der Waals surface area contributed by atoms with Crippen molar-refractivity contribution in [2.45, 2.75) is 19.9 Å². The zero-order valence-corrected chi connectivity index (χ0v) is 17.6. The third kappa shape index (κ3) is 4.44. The molecule has 1 N–H and O–H groups in total. The minimum atomic E-state index is -1.19. The van der Waals surface area contributed by atoms with Crippen LogP contribution in [-0.4, -0.2) is 44.9 Å². The first-order chi connectivity index (χ1) is 14.9. The standard InChI is InChI=1S/C23H19N3O4S/c1-14(27)12-26(13-20-24-17-9-5-6-10-19(17)31-20)22(28)21-16(23(29)30)11-18(25-21)15-7-3-2-4-8-15/h2-10H,11-13H2,1H3,(H,29,30). The Labute approximate surface area is 182 Å². The number of carboxylic acids is 1. The van der Waals surface area contributed by atoms with Gasteiger partial charge in [-0.25, -0.2) is 14.8 Å². The Morgan fingerprint density at radius 1 is 1.06 bits per heavy atom. The molecule has 1 aliphatic rings. The van der Waals surface area contributed by atoms with Gasteiger partial charge in [-0.15, -0.1) is 11.3 Å². The maximum absolute atomic E-state index is 13.3. The van der Waals surface area contributed by atoms with E-state index in [2.05, 4.69) is 9.98 Å². The van der Waals surface area contributed by atoms with E-state index in [1.54, 1.807) is 0 Å². The van der Waals surface area contributed by atoms with Gasteiger partial charge in [-0.3, -0.25) is 9.59 Å². The Morgan fingerprint density at radius 2 is 1.77 bits per heavy atom. The van der Waals surface area contributed by atoms with Gasteiger partial charge in [0.1, 0.15) is 16.5 Å². The lowest BCUT2D eigenvalue weighted by molar-refractivity contribution is -0.134. The van der Waals surface area contributed by atoms with Gasteiger partial charge in [-0.05, 0) is 24.6 Å². The summed E-state index contributed by atoms with van der Waals surface area (Å²) in [5.74, 6) is -1.99. The van der Waals surface area contributed by atoms with Crippen LogP contribution < -0.4 is 0 Å². The number of aliphatic imine (C=N–C) groups is 1. The average Bonchev–Trinajstić information content (AvgIpc) is 3.37. The van der Waals surface area contributed by atoms with Crippen LogP contribution in [0.15, 0.2) is 70.9 Å². The molecule has 2 aromatic carbocycles. The summed E-state index contributed by atoms with van der Waals surface area (Å²) in [6.45, 7) is 1.34. The van der Waals surface area contributed by atoms with Crippen molar-refractivity contribution in [3.05, 3.63) is 76.4 Å². The number of rotatable bonds is 7. The van der Waals surface area contributed by atoms with Crippen molar-refractivity contribution in [1.29, 1.82) is 0 Å². The highest BCUT2D eigenvalue weighted by atomic mass is 32.1. The lowest BCUT2D eigenvalue weighted by Crippen LogP contribution is -2.35.